The third kappa shape index (κ3) is 3.30. The first-order valence-electron chi connectivity index (χ1n) is 5.74. The highest BCUT2D eigenvalue weighted by molar-refractivity contribution is 6.74. The summed E-state index contributed by atoms with van der Waals surface area (Å²) in [4.78, 5) is 12.4. The molecular weight excluding hydrogens is 222 g/mol. The third-order valence-corrected chi connectivity index (χ3v) is 8.08. The number of carbonyl (C=O) groups is 1. The fraction of sp³-hybridized carbons (Fsp3) is 0.909. The van der Waals surface area contributed by atoms with E-state index in [-0.39, 0.29) is 17.7 Å². The van der Waals surface area contributed by atoms with Crippen LogP contribution in [0.15, 0.2) is 0 Å². The largest absolute Gasteiger partial charge is 0.480 e. The average molecular weight is 245 g/mol. The zero-order valence-corrected chi connectivity index (χ0v) is 11.9. The van der Waals surface area contributed by atoms with Gasteiger partial charge in [0, 0.05) is 13.1 Å². The van der Waals surface area contributed by atoms with Crippen molar-refractivity contribution < 1.29 is 14.3 Å². The first kappa shape index (κ1) is 13.7. The van der Waals surface area contributed by atoms with Crippen molar-refractivity contribution in [1.29, 1.82) is 0 Å². The van der Waals surface area contributed by atoms with Gasteiger partial charge in [0.1, 0.15) is 0 Å². The molecule has 16 heavy (non-hydrogen) atoms. The van der Waals surface area contributed by atoms with Gasteiger partial charge in [-0.15, -0.1) is 0 Å². The Morgan fingerprint density at radius 1 is 1.44 bits per heavy atom. The van der Waals surface area contributed by atoms with Gasteiger partial charge in [0.2, 0.25) is 0 Å². The topological polar surface area (TPSA) is 49.8 Å². The number of likely N-dealkylation sites (tertiary alicyclic amines) is 1. The van der Waals surface area contributed by atoms with Gasteiger partial charge in [0.15, 0.2) is 8.32 Å². The van der Waals surface area contributed by atoms with Gasteiger partial charge in [-0.05, 0) is 18.1 Å². The van der Waals surface area contributed by atoms with E-state index in [1.165, 1.54) is 0 Å². The van der Waals surface area contributed by atoms with Crippen molar-refractivity contribution in [2.24, 2.45) is 0 Å². The predicted molar refractivity (Wildman–Crippen MR) is 66.1 cm³/mol. The molecule has 0 bridgehead atoms. The molecule has 0 aromatic rings. The maximum Gasteiger partial charge on any atom is 0.317 e. The lowest BCUT2D eigenvalue weighted by molar-refractivity contribution is -0.140. The van der Waals surface area contributed by atoms with Gasteiger partial charge in [-0.25, -0.2) is 0 Å². The number of carboxylic acid groups (broad SMARTS) is 1. The minimum Gasteiger partial charge on any atom is -0.480 e. The van der Waals surface area contributed by atoms with Gasteiger partial charge < -0.3 is 9.53 Å². The quantitative estimate of drug-likeness (QED) is 0.767. The molecule has 0 amide bonds. The van der Waals surface area contributed by atoms with E-state index in [0.29, 0.717) is 0 Å². The van der Waals surface area contributed by atoms with Crippen LogP contribution in [-0.4, -0.2) is 50.0 Å². The number of carboxylic acids is 1. The predicted octanol–water partition coefficient (Wildman–Crippen LogP) is 1.78. The van der Waals surface area contributed by atoms with Crippen LogP contribution < -0.4 is 0 Å². The van der Waals surface area contributed by atoms with Crippen LogP contribution in [0.1, 0.15) is 20.8 Å². The van der Waals surface area contributed by atoms with Crippen molar-refractivity contribution in [2.45, 2.75) is 45.0 Å². The van der Waals surface area contributed by atoms with Crippen LogP contribution in [0.2, 0.25) is 18.1 Å². The van der Waals surface area contributed by atoms with E-state index in [1.807, 2.05) is 4.90 Å². The second-order valence-corrected chi connectivity index (χ2v) is 10.8. The highest BCUT2D eigenvalue weighted by atomic mass is 28.4. The van der Waals surface area contributed by atoms with Crippen molar-refractivity contribution in [1.82, 2.24) is 4.90 Å². The maximum atomic E-state index is 10.5. The van der Waals surface area contributed by atoms with Crippen LogP contribution in [0.3, 0.4) is 0 Å². The molecule has 0 radical (unpaired) electrons. The van der Waals surface area contributed by atoms with Crippen LogP contribution in [-0.2, 0) is 9.22 Å². The van der Waals surface area contributed by atoms with Crippen LogP contribution in [0.25, 0.3) is 0 Å². The minimum atomic E-state index is -1.68. The van der Waals surface area contributed by atoms with Crippen molar-refractivity contribution in [3.63, 3.8) is 0 Å². The summed E-state index contributed by atoms with van der Waals surface area (Å²) in [5.74, 6) is -0.759. The van der Waals surface area contributed by atoms with Gasteiger partial charge in [-0.2, -0.15) is 0 Å². The Balaban J connectivity index is 2.35. The van der Waals surface area contributed by atoms with Crippen LogP contribution >= 0.6 is 0 Å². The minimum absolute atomic E-state index is 0.136. The summed E-state index contributed by atoms with van der Waals surface area (Å²) in [5, 5.41) is 8.85. The molecule has 1 aliphatic rings. The standard InChI is InChI=1S/C11H23NO3Si/c1-11(2,3)16(4,5)15-9-6-12(7-9)8-10(13)14/h9H,6-8H2,1-5H3,(H,13,14). The van der Waals surface area contributed by atoms with Crippen molar-refractivity contribution in [2.75, 3.05) is 19.6 Å². The monoisotopic (exact) mass is 245 g/mol. The summed E-state index contributed by atoms with van der Waals surface area (Å²) < 4.78 is 6.15. The van der Waals surface area contributed by atoms with Crippen LogP contribution in [0.5, 0.6) is 0 Å². The lowest BCUT2D eigenvalue weighted by Gasteiger charge is -2.45. The maximum absolute atomic E-state index is 10.5. The molecule has 1 saturated heterocycles. The number of aliphatic carboxylic acids is 1. The Hall–Kier alpha value is -0.393. The summed E-state index contributed by atoms with van der Waals surface area (Å²) in [7, 11) is -1.68. The number of hydrogen-bond acceptors (Lipinski definition) is 3. The zero-order chi connectivity index (χ0) is 12.6. The normalized spacial score (nSPS) is 19.6. The molecule has 94 valence electrons. The summed E-state index contributed by atoms with van der Waals surface area (Å²) in [5.41, 5.74) is 0. The molecule has 0 aromatic carbocycles. The van der Waals surface area contributed by atoms with E-state index in [4.69, 9.17) is 9.53 Å². The van der Waals surface area contributed by atoms with E-state index in [9.17, 15) is 4.79 Å². The van der Waals surface area contributed by atoms with Gasteiger partial charge in [-0.1, -0.05) is 20.8 Å². The smallest absolute Gasteiger partial charge is 0.317 e. The van der Waals surface area contributed by atoms with E-state index in [1.54, 1.807) is 0 Å². The lowest BCUT2D eigenvalue weighted by atomic mass is 10.2. The van der Waals surface area contributed by atoms with Crippen molar-refractivity contribution in [3.8, 4) is 0 Å². The third-order valence-electron chi connectivity index (χ3n) is 3.55. The molecular formula is C11H23NO3Si. The second kappa shape index (κ2) is 4.47. The highest BCUT2D eigenvalue weighted by Gasteiger charge is 2.42. The van der Waals surface area contributed by atoms with Crippen molar-refractivity contribution in [3.05, 3.63) is 0 Å². The van der Waals surface area contributed by atoms with Gasteiger partial charge in [0.05, 0.1) is 12.6 Å². The zero-order valence-electron chi connectivity index (χ0n) is 10.9. The van der Waals surface area contributed by atoms with Crippen LogP contribution in [0, 0.1) is 0 Å². The fourth-order valence-corrected chi connectivity index (χ4v) is 2.85. The number of rotatable bonds is 4. The van der Waals surface area contributed by atoms with Crippen molar-refractivity contribution >= 4 is 14.3 Å². The van der Waals surface area contributed by atoms with Gasteiger partial charge in [0.25, 0.3) is 0 Å². The molecule has 0 aromatic heterocycles. The summed E-state index contributed by atoms with van der Waals surface area (Å²) in [6.45, 7) is 12.8. The van der Waals surface area contributed by atoms with E-state index < -0.39 is 14.3 Å². The Morgan fingerprint density at radius 2 is 1.94 bits per heavy atom. The summed E-state index contributed by atoms with van der Waals surface area (Å²) in [6.07, 6.45) is 0.236. The Labute approximate surface area is 98.7 Å². The molecule has 1 rings (SSSR count). The molecule has 1 aliphatic heterocycles. The Bertz CT molecular complexity index is 267. The Morgan fingerprint density at radius 3 is 2.31 bits per heavy atom. The number of hydrogen-bond donors (Lipinski definition) is 1. The number of nitrogens with zero attached hydrogens (tertiary/aromatic N) is 1. The first-order valence-corrected chi connectivity index (χ1v) is 8.64. The Kier molecular flexibility index (Phi) is 3.82. The average Bonchev–Trinajstić information content (AvgIpc) is 1.96. The molecule has 1 fully saturated rings. The molecule has 0 atom stereocenters. The SMILES string of the molecule is CC(C)(C)[Si](C)(C)OC1CN(CC(=O)O)C1. The molecule has 5 heteroatoms. The summed E-state index contributed by atoms with van der Waals surface area (Å²) in [6, 6.07) is 0. The molecule has 1 N–H and O–H groups in total. The van der Waals surface area contributed by atoms with Gasteiger partial charge >= 0.3 is 5.97 Å². The second-order valence-electron chi connectivity index (χ2n) is 6.09. The fourth-order valence-electron chi connectivity index (χ4n) is 1.51. The molecule has 1 heterocycles. The molecule has 0 spiro atoms. The lowest BCUT2D eigenvalue weighted by Crippen LogP contribution is -2.58. The molecule has 0 saturated carbocycles. The van der Waals surface area contributed by atoms with E-state index >= 15 is 0 Å². The summed E-state index contributed by atoms with van der Waals surface area (Å²) >= 11 is 0. The van der Waals surface area contributed by atoms with Gasteiger partial charge in [-0.3, -0.25) is 9.69 Å². The van der Waals surface area contributed by atoms with Crippen LogP contribution in [0.4, 0.5) is 0 Å². The molecule has 0 unspecified atom stereocenters. The first-order chi connectivity index (χ1) is 7.12. The molecule has 4 nitrogen and oxygen atoms in total. The van der Waals surface area contributed by atoms with E-state index in [0.717, 1.165) is 13.1 Å². The van der Waals surface area contributed by atoms with E-state index in [2.05, 4.69) is 33.9 Å². The molecule has 0 aliphatic carbocycles. The highest BCUT2D eigenvalue weighted by Crippen LogP contribution is 2.38.